The number of para-hydroxylation sites is 1. The molecule has 3 heteroatoms. The lowest BCUT2D eigenvalue weighted by Gasteiger charge is -2.15. The van der Waals surface area contributed by atoms with Crippen LogP contribution in [-0.2, 0) is 6.42 Å². The molecule has 0 bridgehead atoms. The van der Waals surface area contributed by atoms with Crippen molar-refractivity contribution in [3.05, 3.63) is 29.8 Å². The molecule has 2 nitrogen and oxygen atoms in total. The molecule has 0 spiro atoms. The maximum atomic E-state index is 6.00. The number of nitrogens with one attached hydrogen (secondary N) is 1. The van der Waals surface area contributed by atoms with Gasteiger partial charge >= 0.3 is 0 Å². The molecule has 0 amide bonds. The Morgan fingerprint density at radius 1 is 1.38 bits per heavy atom. The summed E-state index contributed by atoms with van der Waals surface area (Å²) >= 11 is 0. The quantitative estimate of drug-likeness (QED) is 0.876. The van der Waals surface area contributed by atoms with Gasteiger partial charge in [-0.3, -0.25) is 0 Å². The predicted molar refractivity (Wildman–Crippen MR) is 69.6 cm³/mol. The van der Waals surface area contributed by atoms with E-state index in [1.165, 1.54) is 12.0 Å². The van der Waals surface area contributed by atoms with Crippen LogP contribution in [0.5, 0.6) is 5.75 Å². The van der Waals surface area contributed by atoms with Crippen LogP contribution in [-0.4, -0.2) is 19.2 Å². The lowest BCUT2D eigenvalue weighted by molar-refractivity contribution is 0.221. The molecule has 1 heterocycles. The molecule has 1 aliphatic rings. The Labute approximate surface area is 104 Å². The Balaban J connectivity index is 0.00000128. The monoisotopic (exact) mass is 241 g/mol. The number of hydrogen-bond acceptors (Lipinski definition) is 2. The molecule has 1 aliphatic heterocycles. The van der Waals surface area contributed by atoms with Crippen molar-refractivity contribution >= 4 is 12.4 Å². The maximum Gasteiger partial charge on any atom is 0.122 e. The molecular weight excluding hydrogens is 222 g/mol. The molecule has 0 aromatic heterocycles. The molecular formula is C13H20ClNO. The molecule has 1 unspecified atom stereocenters. The third-order valence-electron chi connectivity index (χ3n) is 2.80. The van der Waals surface area contributed by atoms with Crippen molar-refractivity contribution in [1.82, 2.24) is 5.32 Å². The summed E-state index contributed by atoms with van der Waals surface area (Å²) in [5, 5.41) is 3.32. The molecule has 1 N–H and O–H groups in total. The highest BCUT2D eigenvalue weighted by atomic mass is 35.5. The normalized spacial score (nSPS) is 19.2. The molecule has 1 saturated heterocycles. The fourth-order valence-corrected chi connectivity index (χ4v) is 2.00. The lowest BCUT2D eigenvalue weighted by Crippen LogP contribution is -2.20. The summed E-state index contributed by atoms with van der Waals surface area (Å²) in [6.45, 7) is 4.27. The summed E-state index contributed by atoms with van der Waals surface area (Å²) < 4.78 is 6.00. The van der Waals surface area contributed by atoms with Crippen LogP contribution in [0, 0.1) is 0 Å². The second-order valence-electron chi connectivity index (χ2n) is 4.09. The molecule has 1 aromatic carbocycles. The second kappa shape index (κ2) is 6.77. The molecule has 0 aliphatic carbocycles. The zero-order valence-electron chi connectivity index (χ0n) is 9.74. The zero-order valence-corrected chi connectivity index (χ0v) is 10.6. The largest absolute Gasteiger partial charge is 0.489 e. The SMILES string of the molecule is CCCc1ccccc1OC1CCNC1.Cl. The van der Waals surface area contributed by atoms with E-state index >= 15 is 0 Å². The van der Waals surface area contributed by atoms with Crippen LogP contribution in [0.25, 0.3) is 0 Å². The van der Waals surface area contributed by atoms with Gasteiger partial charge in [-0.15, -0.1) is 12.4 Å². The Morgan fingerprint density at radius 2 is 2.19 bits per heavy atom. The van der Waals surface area contributed by atoms with Gasteiger partial charge in [-0.25, -0.2) is 0 Å². The predicted octanol–water partition coefficient (Wildman–Crippen LogP) is 2.80. The van der Waals surface area contributed by atoms with Crippen LogP contribution >= 0.6 is 12.4 Å². The standard InChI is InChI=1S/C13H19NO.ClH/c1-2-5-11-6-3-4-7-13(11)15-12-8-9-14-10-12;/h3-4,6-7,12,14H,2,5,8-10H2,1H3;1H. The van der Waals surface area contributed by atoms with E-state index in [0.29, 0.717) is 6.10 Å². The van der Waals surface area contributed by atoms with Gasteiger partial charge in [-0.1, -0.05) is 31.5 Å². The maximum absolute atomic E-state index is 6.00. The van der Waals surface area contributed by atoms with Crippen LogP contribution in [0.4, 0.5) is 0 Å². The Hall–Kier alpha value is -0.730. The third-order valence-corrected chi connectivity index (χ3v) is 2.80. The first-order valence-electron chi connectivity index (χ1n) is 5.85. The molecule has 0 saturated carbocycles. The van der Waals surface area contributed by atoms with Gasteiger partial charge in [0.25, 0.3) is 0 Å². The van der Waals surface area contributed by atoms with Crippen LogP contribution in [0.15, 0.2) is 24.3 Å². The van der Waals surface area contributed by atoms with E-state index < -0.39 is 0 Å². The van der Waals surface area contributed by atoms with Gasteiger partial charge in [0.15, 0.2) is 0 Å². The second-order valence-corrected chi connectivity index (χ2v) is 4.09. The van der Waals surface area contributed by atoms with Crippen molar-refractivity contribution < 1.29 is 4.74 Å². The Morgan fingerprint density at radius 3 is 2.88 bits per heavy atom. The van der Waals surface area contributed by atoms with E-state index in [4.69, 9.17) is 4.74 Å². The minimum absolute atomic E-state index is 0. The van der Waals surface area contributed by atoms with Gasteiger partial charge < -0.3 is 10.1 Å². The van der Waals surface area contributed by atoms with E-state index in [1.807, 2.05) is 0 Å². The molecule has 90 valence electrons. The average Bonchev–Trinajstić information content (AvgIpc) is 2.74. The minimum Gasteiger partial charge on any atom is -0.489 e. The van der Waals surface area contributed by atoms with E-state index in [0.717, 1.165) is 31.7 Å². The fourth-order valence-electron chi connectivity index (χ4n) is 2.00. The van der Waals surface area contributed by atoms with Gasteiger partial charge in [0.2, 0.25) is 0 Å². The van der Waals surface area contributed by atoms with Crippen molar-refractivity contribution in [3.63, 3.8) is 0 Å². The molecule has 1 aromatic rings. The molecule has 16 heavy (non-hydrogen) atoms. The first-order valence-corrected chi connectivity index (χ1v) is 5.85. The summed E-state index contributed by atoms with van der Waals surface area (Å²) in [4.78, 5) is 0. The summed E-state index contributed by atoms with van der Waals surface area (Å²) in [5.74, 6) is 1.08. The Kier molecular flexibility index (Phi) is 5.64. The van der Waals surface area contributed by atoms with Gasteiger partial charge in [0.05, 0.1) is 0 Å². The number of hydrogen-bond donors (Lipinski definition) is 1. The van der Waals surface area contributed by atoms with Crippen LogP contribution in [0.3, 0.4) is 0 Å². The zero-order chi connectivity index (χ0) is 10.5. The lowest BCUT2D eigenvalue weighted by atomic mass is 10.1. The van der Waals surface area contributed by atoms with Gasteiger partial charge in [-0.2, -0.15) is 0 Å². The van der Waals surface area contributed by atoms with Crippen molar-refractivity contribution in [2.75, 3.05) is 13.1 Å². The molecule has 1 atom stereocenters. The molecule has 0 radical (unpaired) electrons. The van der Waals surface area contributed by atoms with E-state index in [2.05, 4.69) is 36.5 Å². The first kappa shape index (κ1) is 13.3. The number of benzene rings is 1. The highest BCUT2D eigenvalue weighted by molar-refractivity contribution is 5.85. The molecule has 1 fully saturated rings. The summed E-state index contributed by atoms with van der Waals surface area (Å²) in [6.07, 6.45) is 3.77. The smallest absolute Gasteiger partial charge is 0.122 e. The topological polar surface area (TPSA) is 21.3 Å². The van der Waals surface area contributed by atoms with Crippen molar-refractivity contribution in [2.24, 2.45) is 0 Å². The summed E-state index contributed by atoms with van der Waals surface area (Å²) in [6, 6.07) is 8.39. The van der Waals surface area contributed by atoms with Crippen molar-refractivity contribution in [3.8, 4) is 5.75 Å². The Bertz CT molecular complexity index is 311. The summed E-state index contributed by atoms with van der Waals surface area (Å²) in [7, 11) is 0. The fraction of sp³-hybridized carbons (Fsp3) is 0.538. The third kappa shape index (κ3) is 3.39. The summed E-state index contributed by atoms with van der Waals surface area (Å²) in [5.41, 5.74) is 1.34. The average molecular weight is 242 g/mol. The highest BCUT2D eigenvalue weighted by Gasteiger charge is 2.16. The number of aryl methyl sites for hydroxylation is 1. The van der Waals surface area contributed by atoms with Gasteiger partial charge in [0, 0.05) is 6.54 Å². The van der Waals surface area contributed by atoms with Gasteiger partial charge in [-0.05, 0) is 31.0 Å². The number of ether oxygens (including phenoxy) is 1. The van der Waals surface area contributed by atoms with Gasteiger partial charge in [0.1, 0.15) is 11.9 Å². The van der Waals surface area contributed by atoms with Crippen molar-refractivity contribution in [1.29, 1.82) is 0 Å². The first-order chi connectivity index (χ1) is 7.40. The van der Waals surface area contributed by atoms with E-state index in [9.17, 15) is 0 Å². The number of halogens is 1. The minimum atomic E-state index is 0. The number of rotatable bonds is 4. The van der Waals surface area contributed by atoms with E-state index in [1.54, 1.807) is 0 Å². The van der Waals surface area contributed by atoms with Crippen LogP contribution < -0.4 is 10.1 Å². The van der Waals surface area contributed by atoms with E-state index in [-0.39, 0.29) is 12.4 Å². The van der Waals surface area contributed by atoms with Crippen LogP contribution in [0.2, 0.25) is 0 Å². The molecule has 2 rings (SSSR count). The van der Waals surface area contributed by atoms with Crippen molar-refractivity contribution in [2.45, 2.75) is 32.3 Å². The van der Waals surface area contributed by atoms with Crippen LogP contribution in [0.1, 0.15) is 25.3 Å². The highest BCUT2D eigenvalue weighted by Crippen LogP contribution is 2.22.